The molecule has 1 nitrogen and oxygen atoms in total. The molecule has 3 heteroatoms. The van der Waals surface area contributed by atoms with E-state index in [2.05, 4.69) is 20.8 Å². The molecule has 1 aliphatic rings. The fourth-order valence-corrected chi connectivity index (χ4v) is 2.65. The van der Waals surface area contributed by atoms with Gasteiger partial charge in [-0.3, -0.25) is 0 Å². The molecule has 17 heavy (non-hydrogen) atoms. The van der Waals surface area contributed by atoms with Crippen LogP contribution >= 0.6 is 23.2 Å². The molecule has 0 bridgehead atoms. The number of ether oxygens (including phenoxy) is 1. The summed E-state index contributed by atoms with van der Waals surface area (Å²) in [6.07, 6.45) is 1.95. The van der Waals surface area contributed by atoms with E-state index >= 15 is 0 Å². The molecule has 94 valence electrons. The van der Waals surface area contributed by atoms with E-state index < -0.39 is 0 Å². The maximum Gasteiger partial charge on any atom is 0.127 e. The molecule has 0 fully saturated rings. The van der Waals surface area contributed by atoms with Gasteiger partial charge in [0.25, 0.3) is 0 Å². The summed E-state index contributed by atoms with van der Waals surface area (Å²) in [5.41, 5.74) is 2.26. The summed E-state index contributed by atoms with van der Waals surface area (Å²) < 4.78 is 5.70. The van der Waals surface area contributed by atoms with E-state index in [4.69, 9.17) is 27.9 Å². The highest BCUT2D eigenvalue weighted by Crippen LogP contribution is 2.47. The van der Waals surface area contributed by atoms with Crippen LogP contribution < -0.4 is 4.74 Å². The average Bonchev–Trinajstić information content (AvgIpc) is 2.74. The minimum absolute atomic E-state index is 0.0337. The highest BCUT2D eigenvalue weighted by molar-refractivity contribution is 6.31. The summed E-state index contributed by atoms with van der Waals surface area (Å²) in [7, 11) is 0. The van der Waals surface area contributed by atoms with Crippen LogP contribution in [0.4, 0.5) is 0 Å². The summed E-state index contributed by atoms with van der Waals surface area (Å²) in [6, 6.07) is 3.93. The zero-order chi connectivity index (χ0) is 12.6. The fourth-order valence-electron chi connectivity index (χ4n) is 2.09. The number of rotatable bonds is 3. The molecular weight excluding hydrogens is 255 g/mol. The van der Waals surface area contributed by atoms with Gasteiger partial charge < -0.3 is 4.74 Å². The van der Waals surface area contributed by atoms with Crippen LogP contribution in [-0.4, -0.2) is 6.61 Å². The van der Waals surface area contributed by atoms with Gasteiger partial charge in [-0.2, -0.15) is 0 Å². The molecule has 2 rings (SSSR count). The molecule has 1 atom stereocenters. The molecule has 0 radical (unpaired) electrons. The Hall–Kier alpha value is -0.400. The Morgan fingerprint density at radius 2 is 2.12 bits per heavy atom. The van der Waals surface area contributed by atoms with Crippen LogP contribution in [0.1, 0.15) is 43.7 Å². The summed E-state index contributed by atoms with van der Waals surface area (Å²) >= 11 is 12.8. The first-order valence-corrected chi connectivity index (χ1v) is 6.86. The quantitative estimate of drug-likeness (QED) is 0.705. The molecule has 0 saturated heterocycles. The van der Waals surface area contributed by atoms with Crippen LogP contribution in [0.5, 0.6) is 5.75 Å². The molecule has 1 unspecified atom stereocenters. The Morgan fingerprint density at radius 3 is 2.76 bits per heavy atom. The molecule has 0 N–H and O–H groups in total. The topological polar surface area (TPSA) is 9.23 Å². The SMILES string of the molecule is CCC(C)(C)C(Cl)c1cc(Cl)cc2c1OCC2. The van der Waals surface area contributed by atoms with Gasteiger partial charge in [0.2, 0.25) is 0 Å². The van der Waals surface area contributed by atoms with Crippen LogP contribution in [0.25, 0.3) is 0 Å². The predicted octanol–water partition coefficient (Wildman–Crippen LogP) is 4.99. The Kier molecular flexibility index (Phi) is 3.61. The largest absolute Gasteiger partial charge is 0.493 e. The normalized spacial score (nSPS) is 16.5. The number of fused-ring (bicyclic) bond motifs is 1. The number of hydrogen-bond acceptors (Lipinski definition) is 1. The Morgan fingerprint density at radius 1 is 1.41 bits per heavy atom. The summed E-state index contributed by atoms with van der Waals surface area (Å²) in [4.78, 5) is 0. The predicted molar refractivity (Wildman–Crippen MR) is 73.3 cm³/mol. The molecule has 1 aliphatic heterocycles. The van der Waals surface area contributed by atoms with Crippen LogP contribution in [0.3, 0.4) is 0 Å². The van der Waals surface area contributed by atoms with Crippen molar-refractivity contribution in [3.05, 3.63) is 28.3 Å². The lowest BCUT2D eigenvalue weighted by atomic mass is 9.82. The molecule has 1 aromatic rings. The monoisotopic (exact) mass is 272 g/mol. The minimum atomic E-state index is -0.0712. The third kappa shape index (κ3) is 2.41. The molecule has 1 heterocycles. The van der Waals surface area contributed by atoms with Gasteiger partial charge in [-0.05, 0) is 29.5 Å². The Bertz CT molecular complexity index is 426. The van der Waals surface area contributed by atoms with E-state index in [0.717, 1.165) is 35.8 Å². The first-order chi connectivity index (χ1) is 7.95. The second kappa shape index (κ2) is 4.70. The van der Waals surface area contributed by atoms with Crippen molar-refractivity contribution in [1.29, 1.82) is 0 Å². The van der Waals surface area contributed by atoms with Crippen molar-refractivity contribution in [3.63, 3.8) is 0 Å². The smallest absolute Gasteiger partial charge is 0.127 e. The van der Waals surface area contributed by atoms with E-state index in [1.165, 1.54) is 5.56 Å². The molecule has 0 amide bonds. The standard InChI is InChI=1S/C14H18Cl2O/c1-4-14(2,3)13(16)11-8-10(15)7-9-5-6-17-12(9)11/h7-8,13H,4-6H2,1-3H3. The van der Waals surface area contributed by atoms with Crippen molar-refractivity contribution in [2.75, 3.05) is 6.61 Å². The third-order valence-corrected chi connectivity index (χ3v) is 4.69. The number of alkyl halides is 1. The van der Waals surface area contributed by atoms with Crippen molar-refractivity contribution in [2.24, 2.45) is 5.41 Å². The summed E-state index contributed by atoms with van der Waals surface area (Å²) in [6.45, 7) is 7.24. The molecule has 0 spiro atoms. The van der Waals surface area contributed by atoms with Crippen LogP contribution in [0.15, 0.2) is 12.1 Å². The van der Waals surface area contributed by atoms with Gasteiger partial charge in [0.15, 0.2) is 0 Å². The maximum atomic E-state index is 6.62. The number of benzene rings is 1. The van der Waals surface area contributed by atoms with E-state index in [-0.39, 0.29) is 10.8 Å². The lowest BCUT2D eigenvalue weighted by molar-refractivity contribution is 0.317. The van der Waals surface area contributed by atoms with E-state index in [9.17, 15) is 0 Å². The molecule has 0 aliphatic carbocycles. The van der Waals surface area contributed by atoms with Gasteiger partial charge in [0.1, 0.15) is 5.75 Å². The van der Waals surface area contributed by atoms with Gasteiger partial charge in [-0.15, -0.1) is 11.6 Å². The maximum absolute atomic E-state index is 6.62. The molecule has 0 saturated carbocycles. The number of hydrogen-bond donors (Lipinski definition) is 0. The van der Waals surface area contributed by atoms with Crippen molar-refractivity contribution in [2.45, 2.75) is 39.0 Å². The third-order valence-electron chi connectivity index (χ3n) is 3.65. The van der Waals surface area contributed by atoms with Crippen LogP contribution in [-0.2, 0) is 6.42 Å². The van der Waals surface area contributed by atoms with Crippen molar-refractivity contribution in [3.8, 4) is 5.75 Å². The lowest BCUT2D eigenvalue weighted by Gasteiger charge is -2.30. The lowest BCUT2D eigenvalue weighted by Crippen LogP contribution is -2.17. The summed E-state index contributed by atoms with van der Waals surface area (Å²) in [5.74, 6) is 0.955. The van der Waals surface area contributed by atoms with Gasteiger partial charge in [0.05, 0.1) is 12.0 Å². The van der Waals surface area contributed by atoms with Gasteiger partial charge >= 0.3 is 0 Å². The zero-order valence-corrected chi connectivity index (χ0v) is 12.0. The van der Waals surface area contributed by atoms with E-state index in [1.54, 1.807) is 0 Å². The molecule has 0 aromatic heterocycles. The summed E-state index contributed by atoms with van der Waals surface area (Å²) in [5, 5.41) is 0.680. The Balaban J connectivity index is 2.45. The second-order valence-electron chi connectivity index (χ2n) is 5.29. The Labute approximate surface area is 113 Å². The van der Waals surface area contributed by atoms with Gasteiger partial charge in [-0.1, -0.05) is 32.4 Å². The number of halogens is 2. The van der Waals surface area contributed by atoms with Crippen LogP contribution in [0.2, 0.25) is 5.02 Å². The zero-order valence-electron chi connectivity index (χ0n) is 10.5. The van der Waals surface area contributed by atoms with E-state index in [0.29, 0.717) is 0 Å². The van der Waals surface area contributed by atoms with Gasteiger partial charge in [-0.25, -0.2) is 0 Å². The van der Waals surface area contributed by atoms with Crippen molar-refractivity contribution in [1.82, 2.24) is 0 Å². The first-order valence-electron chi connectivity index (χ1n) is 6.05. The second-order valence-corrected chi connectivity index (χ2v) is 6.16. The van der Waals surface area contributed by atoms with Crippen molar-refractivity contribution < 1.29 is 4.74 Å². The fraction of sp³-hybridized carbons (Fsp3) is 0.571. The van der Waals surface area contributed by atoms with Gasteiger partial charge in [0, 0.05) is 17.0 Å². The molecular formula is C14H18Cl2O. The average molecular weight is 273 g/mol. The van der Waals surface area contributed by atoms with Crippen LogP contribution in [0, 0.1) is 5.41 Å². The van der Waals surface area contributed by atoms with E-state index in [1.807, 2.05) is 12.1 Å². The first kappa shape index (κ1) is 13.0. The minimum Gasteiger partial charge on any atom is -0.493 e. The van der Waals surface area contributed by atoms with Crippen molar-refractivity contribution >= 4 is 23.2 Å². The highest BCUT2D eigenvalue weighted by atomic mass is 35.5. The highest BCUT2D eigenvalue weighted by Gasteiger charge is 2.32. The molecule has 1 aromatic carbocycles.